The molecular formula is C14H11ClF3NO. The first-order chi connectivity index (χ1) is 9.54. The van der Waals surface area contributed by atoms with Crippen LogP contribution in [0, 0.1) is 5.82 Å². The number of alkyl halides is 2. The smallest absolute Gasteiger partial charge is 0.387 e. The third kappa shape index (κ3) is 4.06. The minimum absolute atomic E-state index is 0.0566. The molecule has 0 fully saturated rings. The van der Waals surface area contributed by atoms with Crippen molar-refractivity contribution in [2.24, 2.45) is 0 Å². The predicted molar refractivity (Wildman–Crippen MR) is 71.8 cm³/mol. The molecule has 20 heavy (non-hydrogen) atoms. The Bertz CT molecular complexity index is 592. The molecule has 0 heterocycles. The highest BCUT2D eigenvalue weighted by Gasteiger charge is 2.05. The van der Waals surface area contributed by atoms with Gasteiger partial charge in [-0.25, -0.2) is 4.39 Å². The number of hydrogen-bond acceptors (Lipinski definition) is 2. The number of ether oxygens (including phenoxy) is 1. The minimum atomic E-state index is -2.87. The van der Waals surface area contributed by atoms with E-state index in [4.69, 9.17) is 11.6 Å². The maximum Gasteiger partial charge on any atom is 0.387 e. The van der Waals surface area contributed by atoms with Crippen LogP contribution in [0.5, 0.6) is 5.75 Å². The molecule has 0 bridgehead atoms. The van der Waals surface area contributed by atoms with Gasteiger partial charge >= 0.3 is 6.61 Å². The van der Waals surface area contributed by atoms with Crippen LogP contribution in [0.4, 0.5) is 18.9 Å². The first-order valence-electron chi connectivity index (χ1n) is 5.77. The van der Waals surface area contributed by atoms with E-state index in [1.165, 1.54) is 24.3 Å². The fourth-order valence-electron chi connectivity index (χ4n) is 1.64. The lowest BCUT2D eigenvalue weighted by atomic mass is 10.2. The Morgan fingerprint density at radius 2 is 1.95 bits per heavy atom. The van der Waals surface area contributed by atoms with Crippen LogP contribution in [0.3, 0.4) is 0 Å². The van der Waals surface area contributed by atoms with E-state index in [1.54, 1.807) is 18.2 Å². The van der Waals surface area contributed by atoms with E-state index in [2.05, 4.69) is 10.1 Å². The lowest BCUT2D eigenvalue weighted by Gasteiger charge is -2.09. The highest BCUT2D eigenvalue weighted by Crippen LogP contribution is 2.21. The molecule has 2 aromatic carbocycles. The summed E-state index contributed by atoms with van der Waals surface area (Å²) in [5, 5.41) is 3.04. The molecule has 0 atom stereocenters. The highest BCUT2D eigenvalue weighted by atomic mass is 35.5. The van der Waals surface area contributed by atoms with Gasteiger partial charge in [0, 0.05) is 18.3 Å². The standard InChI is InChI=1S/C14H11ClF3NO/c15-12-5-4-9(6-13(12)16)8-19-10-2-1-3-11(7-10)20-14(17)18/h1-7,14,19H,8H2. The SMILES string of the molecule is Fc1cc(CNc2cccc(OC(F)F)c2)ccc1Cl. The van der Waals surface area contributed by atoms with Crippen LogP contribution in [-0.2, 0) is 6.54 Å². The van der Waals surface area contributed by atoms with E-state index in [-0.39, 0.29) is 10.8 Å². The van der Waals surface area contributed by atoms with Crippen molar-refractivity contribution < 1.29 is 17.9 Å². The number of hydrogen-bond donors (Lipinski definition) is 1. The van der Waals surface area contributed by atoms with Gasteiger partial charge in [0.05, 0.1) is 5.02 Å². The van der Waals surface area contributed by atoms with Gasteiger partial charge in [0.1, 0.15) is 11.6 Å². The molecular weight excluding hydrogens is 291 g/mol. The number of anilines is 1. The summed E-state index contributed by atoms with van der Waals surface area (Å²) in [5.74, 6) is -0.437. The molecule has 2 nitrogen and oxygen atoms in total. The van der Waals surface area contributed by atoms with Crippen molar-refractivity contribution in [3.8, 4) is 5.75 Å². The van der Waals surface area contributed by atoms with Crippen LogP contribution in [-0.4, -0.2) is 6.61 Å². The Morgan fingerprint density at radius 1 is 1.15 bits per heavy atom. The van der Waals surface area contributed by atoms with Crippen molar-refractivity contribution >= 4 is 17.3 Å². The van der Waals surface area contributed by atoms with Crippen molar-refractivity contribution in [2.45, 2.75) is 13.2 Å². The fourth-order valence-corrected chi connectivity index (χ4v) is 1.75. The van der Waals surface area contributed by atoms with Gasteiger partial charge in [-0.05, 0) is 29.8 Å². The molecule has 0 unspecified atom stereocenters. The van der Waals surface area contributed by atoms with E-state index in [0.717, 1.165) is 0 Å². The molecule has 0 saturated carbocycles. The summed E-state index contributed by atoms with van der Waals surface area (Å²) in [6, 6.07) is 10.6. The number of benzene rings is 2. The molecule has 0 spiro atoms. The number of nitrogens with one attached hydrogen (secondary N) is 1. The molecule has 6 heteroatoms. The molecule has 0 aromatic heterocycles. The van der Waals surface area contributed by atoms with Crippen molar-refractivity contribution in [2.75, 3.05) is 5.32 Å². The van der Waals surface area contributed by atoms with Crippen LogP contribution in [0.25, 0.3) is 0 Å². The third-order valence-electron chi connectivity index (χ3n) is 2.54. The number of halogens is 4. The summed E-state index contributed by atoms with van der Waals surface area (Å²) in [7, 11) is 0. The summed E-state index contributed by atoms with van der Waals surface area (Å²) < 4.78 is 41.7. The monoisotopic (exact) mass is 301 g/mol. The van der Waals surface area contributed by atoms with Gasteiger partial charge in [0.2, 0.25) is 0 Å². The van der Waals surface area contributed by atoms with Crippen molar-refractivity contribution in [1.29, 1.82) is 0 Å². The van der Waals surface area contributed by atoms with Crippen LogP contribution in [0.1, 0.15) is 5.56 Å². The molecule has 1 N–H and O–H groups in total. The molecule has 2 rings (SSSR count). The Hall–Kier alpha value is -1.88. The second kappa shape index (κ2) is 6.52. The predicted octanol–water partition coefficient (Wildman–Crippen LogP) is 4.69. The average molecular weight is 302 g/mol. The van der Waals surface area contributed by atoms with Gasteiger partial charge in [0.25, 0.3) is 0 Å². The van der Waals surface area contributed by atoms with Gasteiger partial charge in [-0.1, -0.05) is 23.7 Å². The van der Waals surface area contributed by atoms with Crippen LogP contribution in [0.15, 0.2) is 42.5 Å². The molecule has 0 saturated heterocycles. The van der Waals surface area contributed by atoms with E-state index in [1.807, 2.05) is 0 Å². The van der Waals surface area contributed by atoms with E-state index in [9.17, 15) is 13.2 Å². The topological polar surface area (TPSA) is 21.3 Å². The maximum atomic E-state index is 13.2. The first-order valence-corrected chi connectivity index (χ1v) is 6.15. The normalized spacial score (nSPS) is 10.7. The van der Waals surface area contributed by atoms with E-state index >= 15 is 0 Å². The lowest BCUT2D eigenvalue weighted by Crippen LogP contribution is -2.03. The first kappa shape index (κ1) is 14.5. The fraction of sp³-hybridized carbons (Fsp3) is 0.143. The van der Waals surface area contributed by atoms with Gasteiger partial charge in [-0.2, -0.15) is 8.78 Å². The molecule has 0 amide bonds. The van der Waals surface area contributed by atoms with Gasteiger partial charge in [-0.15, -0.1) is 0 Å². The Labute approximate surface area is 119 Å². The Kier molecular flexibility index (Phi) is 4.74. The molecule has 0 aliphatic carbocycles. The quantitative estimate of drug-likeness (QED) is 0.865. The molecule has 106 valence electrons. The zero-order valence-electron chi connectivity index (χ0n) is 10.2. The largest absolute Gasteiger partial charge is 0.435 e. The van der Waals surface area contributed by atoms with Crippen LogP contribution in [0.2, 0.25) is 5.02 Å². The zero-order chi connectivity index (χ0) is 14.5. The second-order valence-corrected chi connectivity index (χ2v) is 4.42. The zero-order valence-corrected chi connectivity index (χ0v) is 11.0. The van der Waals surface area contributed by atoms with Crippen molar-refractivity contribution in [1.82, 2.24) is 0 Å². The van der Waals surface area contributed by atoms with Gasteiger partial charge in [-0.3, -0.25) is 0 Å². The number of rotatable bonds is 5. The van der Waals surface area contributed by atoms with Gasteiger partial charge in [0.15, 0.2) is 0 Å². The third-order valence-corrected chi connectivity index (χ3v) is 2.85. The average Bonchev–Trinajstić information content (AvgIpc) is 2.40. The lowest BCUT2D eigenvalue weighted by molar-refractivity contribution is -0.0498. The van der Waals surface area contributed by atoms with Crippen molar-refractivity contribution in [3.63, 3.8) is 0 Å². The summed E-state index contributed by atoms with van der Waals surface area (Å²) >= 11 is 5.58. The molecule has 0 radical (unpaired) electrons. The summed E-state index contributed by atoms with van der Waals surface area (Å²) in [6.45, 7) is -2.53. The molecule has 2 aromatic rings. The summed E-state index contributed by atoms with van der Waals surface area (Å²) in [5.41, 5.74) is 1.28. The van der Waals surface area contributed by atoms with Gasteiger partial charge < -0.3 is 10.1 Å². The summed E-state index contributed by atoms with van der Waals surface area (Å²) in [4.78, 5) is 0. The molecule has 0 aliphatic rings. The van der Waals surface area contributed by atoms with Crippen LogP contribution < -0.4 is 10.1 Å². The Morgan fingerprint density at radius 3 is 2.65 bits per heavy atom. The van der Waals surface area contributed by atoms with E-state index < -0.39 is 12.4 Å². The van der Waals surface area contributed by atoms with Crippen molar-refractivity contribution in [3.05, 3.63) is 58.9 Å². The maximum absolute atomic E-state index is 13.2. The van der Waals surface area contributed by atoms with Crippen LogP contribution >= 0.6 is 11.6 Å². The minimum Gasteiger partial charge on any atom is -0.435 e. The highest BCUT2D eigenvalue weighted by molar-refractivity contribution is 6.30. The van der Waals surface area contributed by atoms with E-state index in [0.29, 0.717) is 17.8 Å². The molecule has 0 aliphatic heterocycles. The summed E-state index contributed by atoms with van der Waals surface area (Å²) in [6.07, 6.45) is 0. The second-order valence-electron chi connectivity index (χ2n) is 4.01. The Balaban J connectivity index is 2.01.